The smallest absolute Gasteiger partial charge is 0.267 e. The summed E-state index contributed by atoms with van der Waals surface area (Å²) in [6, 6.07) is 0. The Morgan fingerprint density at radius 2 is 2.00 bits per heavy atom. The third-order valence-corrected chi connectivity index (χ3v) is 4.13. The minimum atomic E-state index is -3.23. The van der Waals surface area contributed by atoms with Crippen LogP contribution in [0.1, 0.15) is 19.8 Å². The number of thioether (sulfide) groups is 1. The standard InChI is InChI=1S/C7H14O3S2/c1-2-12(8,9)10-7-3-5-11-6-4-7/h7H,2-6H2,1H3. The van der Waals surface area contributed by atoms with Crippen molar-refractivity contribution in [3.63, 3.8) is 0 Å². The van der Waals surface area contributed by atoms with Crippen molar-refractivity contribution in [1.29, 1.82) is 0 Å². The number of hydrogen-bond donors (Lipinski definition) is 0. The summed E-state index contributed by atoms with van der Waals surface area (Å²) in [6.45, 7) is 1.60. The Kier molecular flexibility index (Phi) is 3.86. The molecule has 0 saturated carbocycles. The Bertz CT molecular complexity index is 217. The molecule has 5 heteroatoms. The Morgan fingerprint density at radius 1 is 1.42 bits per heavy atom. The summed E-state index contributed by atoms with van der Waals surface area (Å²) in [5.74, 6) is 2.12. The minimum absolute atomic E-state index is 0.0591. The molecule has 1 aliphatic rings. The van der Waals surface area contributed by atoms with E-state index in [1.807, 2.05) is 11.8 Å². The van der Waals surface area contributed by atoms with Gasteiger partial charge >= 0.3 is 0 Å². The lowest BCUT2D eigenvalue weighted by molar-refractivity contribution is 0.200. The van der Waals surface area contributed by atoms with Gasteiger partial charge in [0.15, 0.2) is 0 Å². The topological polar surface area (TPSA) is 43.4 Å². The normalized spacial score (nSPS) is 21.1. The van der Waals surface area contributed by atoms with Crippen molar-refractivity contribution >= 4 is 21.9 Å². The zero-order chi connectivity index (χ0) is 9.03. The van der Waals surface area contributed by atoms with Gasteiger partial charge in [-0.05, 0) is 31.3 Å². The highest BCUT2D eigenvalue weighted by atomic mass is 32.2. The molecule has 0 aromatic rings. The number of hydrogen-bond acceptors (Lipinski definition) is 4. The fourth-order valence-corrected chi connectivity index (χ4v) is 2.85. The molecule has 0 aromatic heterocycles. The van der Waals surface area contributed by atoms with Gasteiger partial charge in [-0.25, -0.2) is 0 Å². The molecule has 12 heavy (non-hydrogen) atoms. The molecular weight excluding hydrogens is 196 g/mol. The molecule has 0 spiro atoms. The molecule has 0 atom stereocenters. The van der Waals surface area contributed by atoms with E-state index in [0.29, 0.717) is 0 Å². The van der Waals surface area contributed by atoms with Gasteiger partial charge in [0.2, 0.25) is 0 Å². The molecule has 1 saturated heterocycles. The fraction of sp³-hybridized carbons (Fsp3) is 1.00. The van der Waals surface area contributed by atoms with Gasteiger partial charge in [0.1, 0.15) is 0 Å². The van der Waals surface area contributed by atoms with Gasteiger partial charge in [0.25, 0.3) is 10.1 Å². The second kappa shape index (κ2) is 4.48. The molecule has 72 valence electrons. The van der Waals surface area contributed by atoms with E-state index in [2.05, 4.69) is 0 Å². The zero-order valence-corrected chi connectivity index (χ0v) is 8.79. The summed E-state index contributed by atoms with van der Waals surface area (Å²) in [7, 11) is -3.23. The molecule has 0 unspecified atom stereocenters. The van der Waals surface area contributed by atoms with Crippen molar-refractivity contribution < 1.29 is 12.6 Å². The molecular formula is C7H14O3S2. The molecule has 0 bridgehead atoms. The molecule has 0 amide bonds. The van der Waals surface area contributed by atoms with Gasteiger partial charge in [-0.1, -0.05) is 0 Å². The lowest BCUT2D eigenvalue weighted by Gasteiger charge is -2.20. The maximum Gasteiger partial charge on any atom is 0.267 e. The molecule has 1 aliphatic heterocycles. The van der Waals surface area contributed by atoms with Crippen molar-refractivity contribution in [3.8, 4) is 0 Å². The summed E-state index contributed by atoms with van der Waals surface area (Å²) in [4.78, 5) is 0. The Labute approximate surface area is 78.0 Å². The molecule has 0 aromatic carbocycles. The highest BCUT2D eigenvalue weighted by molar-refractivity contribution is 7.99. The quantitative estimate of drug-likeness (QED) is 0.658. The van der Waals surface area contributed by atoms with E-state index in [1.54, 1.807) is 6.92 Å². The van der Waals surface area contributed by atoms with Crippen LogP contribution < -0.4 is 0 Å². The second-order valence-electron chi connectivity index (χ2n) is 2.75. The summed E-state index contributed by atoms with van der Waals surface area (Å²) in [5.41, 5.74) is 0. The monoisotopic (exact) mass is 210 g/mol. The van der Waals surface area contributed by atoms with Gasteiger partial charge in [-0.15, -0.1) is 0 Å². The van der Waals surface area contributed by atoms with Gasteiger partial charge < -0.3 is 0 Å². The molecule has 0 aliphatic carbocycles. The van der Waals surface area contributed by atoms with Crippen LogP contribution in [0, 0.1) is 0 Å². The molecule has 3 nitrogen and oxygen atoms in total. The van der Waals surface area contributed by atoms with E-state index in [-0.39, 0.29) is 11.9 Å². The molecule has 1 rings (SSSR count). The lowest BCUT2D eigenvalue weighted by atomic mass is 10.2. The Balaban J connectivity index is 2.39. The third-order valence-electron chi connectivity index (χ3n) is 1.80. The first kappa shape index (κ1) is 10.3. The van der Waals surface area contributed by atoms with Gasteiger partial charge in [0.05, 0.1) is 11.9 Å². The average Bonchev–Trinajstić information content (AvgIpc) is 2.06. The molecule has 0 N–H and O–H groups in total. The number of rotatable bonds is 3. The predicted molar refractivity (Wildman–Crippen MR) is 50.9 cm³/mol. The largest absolute Gasteiger partial charge is 0.267 e. The van der Waals surface area contributed by atoms with E-state index in [4.69, 9.17) is 4.18 Å². The van der Waals surface area contributed by atoms with Gasteiger partial charge in [-0.2, -0.15) is 20.2 Å². The first-order chi connectivity index (χ1) is 5.64. The van der Waals surface area contributed by atoms with Crippen LogP contribution in [0.3, 0.4) is 0 Å². The summed E-state index contributed by atoms with van der Waals surface area (Å²) in [6.07, 6.45) is 1.67. The highest BCUT2D eigenvalue weighted by Gasteiger charge is 2.20. The predicted octanol–water partition coefficient (Wildman–Crippen LogP) is 1.25. The van der Waals surface area contributed by atoms with E-state index in [1.165, 1.54) is 0 Å². The lowest BCUT2D eigenvalue weighted by Crippen LogP contribution is -2.23. The van der Waals surface area contributed by atoms with Crippen LogP contribution in [0.2, 0.25) is 0 Å². The van der Waals surface area contributed by atoms with Crippen molar-refractivity contribution in [2.75, 3.05) is 17.3 Å². The van der Waals surface area contributed by atoms with E-state index < -0.39 is 10.1 Å². The first-order valence-electron chi connectivity index (χ1n) is 4.13. The van der Waals surface area contributed by atoms with E-state index in [9.17, 15) is 8.42 Å². The summed E-state index contributed by atoms with van der Waals surface area (Å²) < 4.78 is 27.1. The Hall–Kier alpha value is 0.260. The summed E-state index contributed by atoms with van der Waals surface area (Å²) >= 11 is 1.86. The molecule has 0 radical (unpaired) electrons. The molecule has 1 fully saturated rings. The van der Waals surface area contributed by atoms with Crippen molar-refractivity contribution in [2.24, 2.45) is 0 Å². The van der Waals surface area contributed by atoms with E-state index >= 15 is 0 Å². The minimum Gasteiger partial charge on any atom is -0.267 e. The van der Waals surface area contributed by atoms with Crippen LogP contribution in [-0.4, -0.2) is 31.8 Å². The maximum absolute atomic E-state index is 11.0. The maximum atomic E-state index is 11.0. The van der Waals surface area contributed by atoms with Crippen LogP contribution in [0.4, 0.5) is 0 Å². The summed E-state index contributed by atoms with van der Waals surface area (Å²) in [5, 5.41) is 0. The van der Waals surface area contributed by atoms with Crippen LogP contribution >= 0.6 is 11.8 Å². The van der Waals surface area contributed by atoms with Gasteiger partial charge in [-0.3, -0.25) is 4.18 Å². The third kappa shape index (κ3) is 3.33. The van der Waals surface area contributed by atoms with Crippen LogP contribution in [0.25, 0.3) is 0 Å². The van der Waals surface area contributed by atoms with E-state index in [0.717, 1.165) is 24.3 Å². The van der Waals surface area contributed by atoms with Crippen molar-refractivity contribution in [1.82, 2.24) is 0 Å². The zero-order valence-electron chi connectivity index (χ0n) is 7.15. The van der Waals surface area contributed by atoms with Crippen molar-refractivity contribution in [3.05, 3.63) is 0 Å². The highest BCUT2D eigenvalue weighted by Crippen LogP contribution is 2.20. The van der Waals surface area contributed by atoms with Crippen LogP contribution in [0.5, 0.6) is 0 Å². The second-order valence-corrected chi connectivity index (χ2v) is 5.86. The first-order valence-corrected chi connectivity index (χ1v) is 6.86. The molecule has 1 heterocycles. The fourth-order valence-electron chi connectivity index (χ4n) is 1.05. The van der Waals surface area contributed by atoms with Gasteiger partial charge in [0, 0.05) is 0 Å². The average molecular weight is 210 g/mol. The Morgan fingerprint density at radius 3 is 2.50 bits per heavy atom. The SMILES string of the molecule is CCS(=O)(=O)OC1CCSCC1. The van der Waals surface area contributed by atoms with Crippen LogP contribution in [0.15, 0.2) is 0 Å². The van der Waals surface area contributed by atoms with Crippen LogP contribution in [-0.2, 0) is 14.3 Å². The van der Waals surface area contributed by atoms with Crippen molar-refractivity contribution in [2.45, 2.75) is 25.9 Å².